The fourth-order valence-corrected chi connectivity index (χ4v) is 4.95. The molecule has 25 heavy (non-hydrogen) atoms. The number of rotatable bonds is 5. The zero-order chi connectivity index (χ0) is 17.4. The molecule has 2 N–H and O–H groups in total. The minimum atomic E-state index is -0.353. The molecule has 130 valence electrons. The summed E-state index contributed by atoms with van der Waals surface area (Å²) in [5.41, 5.74) is 6.38. The van der Waals surface area contributed by atoms with Crippen molar-refractivity contribution in [3.63, 3.8) is 0 Å². The van der Waals surface area contributed by atoms with E-state index in [4.69, 9.17) is 15.1 Å². The van der Waals surface area contributed by atoms with Crippen LogP contribution in [0.25, 0.3) is 10.8 Å². The number of primary amides is 1. The highest BCUT2D eigenvalue weighted by molar-refractivity contribution is 7.14. The molecule has 1 saturated heterocycles. The van der Waals surface area contributed by atoms with Gasteiger partial charge in [-0.3, -0.25) is 9.69 Å². The van der Waals surface area contributed by atoms with Crippen molar-refractivity contribution in [2.75, 3.05) is 6.54 Å². The summed E-state index contributed by atoms with van der Waals surface area (Å²) in [7, 11) is 0. The van der Waals surface area contributed by atoms with E-state index in [1.807, 2.05) is 36.6 Å². The van der Waals surface area contributed by atoms with Gasteiger partial charge in [-0.05, 0) is 49.9 Å². The Morgan fingerprint density at radius 3 is 3.04 bits per heavy atom. The predicted molar refractivity (Wildman–Crippen MR) is 99.8 cm³/mol. The number of nitrogens with zero attached hydrogens (tertiary/aromatic N) is 2. The molecule has 5 nitrogen and oxygen atoms in total. The van der Waals surface area contributed by atoms with Crippen LogP contribution in [-0.4, -0.2) is 22.3 Å². The molecule has 4 rings (SSSR count). The second-order valence-corrected chi connectivity index (χ2v) is 8.26. The van der Waals surface area contributed by atoms with Crippen LogP contribution in [0, 0.1) is 6.92 Å². The predicted octanol–water partition coefficient (Wildman–Crippen LogP) is 4.21. The molecule has 1 aliphatic rings. The lowest BCUT2D eigenvalue weighted by Gasteiger charge is -2.22. The first-order valence-corrected chi connectivity index (χ1v) is 9.95. The third-order valence-electron chi connectivity index (χ3n) is 4.54. The fourth-order valence-electron chi connectivity index (χ4n) is 3.27. The van der Waals surface area contributed by atoms with Gasteiger partial charge in [-0.15, -0.1) is 22.7 Å². The molecule has 1 amide bonds. The van der Waals surface area contributed by atoms with Crippen LogP contribution >= 0.6 is 22.7 Å². The van der Waals surface area contributed by atoms with Crippen LogP contribution in [0.2, 0.25) is 0 Å². The van der Waals surface area contributed by atoms with Crippen LogP contribution < -0.4 is 5.73 Å². The first kappa shape index (κ1) is 16.5. The standard InChI is InChI=1S/C18H19N3O2S2/c1-11-12(20-18(23-11)16-5-3-9-24-16)10-21-8-2-4-13(21)14-6-7-15(25-14)17(19)22/h3,5-7,9,13H,2,4,8,10H2,1H3,(H2,19,22)/t13-/m0/s1. The van der Waals surface area contributed by atoms with Gasteiger partial charge in [0, 0.05) is 17.5 Å². The van der Waals surface area contributed by atoms with Crippen LogP contribution in [-0.2, 0) is 6.54 Å². The number of carbonyl (C=O) groups is 1. The van der Waals surface area contributed by atoms with Gasteiger partial charge in [0.15, 0.2) is 0 Å². The van der Waals surface area contributed by atoms with Crippen LogP contribution in [0.5, 0.6) is 0 Å². The second kappa shape index (κ2) is 6.74. The Hall–Kier alpha value is -1.96. The van der Waals surface area contributed by atoms with Crippen molar-refractivity contribution in [3.8, 4) is 10.8 Å². The molecule has 7 heteroatoms. The van der Waals surface area contributed by atoms with Crippen LogP contribution in [0.4, 0.5) is 0 Å². The maximum atomic E-state index is 11.4. The van der Waals surface area contributed by atoms with E-state index in [0.717, 1.165) is 42.3 Å². The van der Waals surface area contributed by atoms with E-state index in [9.17, 15) is 4.79 Å². The summed E-state index contributed by atoms with van der Waals surface area (Å²) >= 11 is 3.13. The number of carbonyl (C=O) groups excluding carboxylic acids is 1. The highest BCUT2D eigenvalue weighted by Crippen LogP contribution is 2.37. The number of hydrogen-bond acceptors (Lipinski definition) is 6. The second-order valence-electron chi connectivity index (χ2n) is 6.19. The number of hydrogen-bond donors (Lipinski definition) is 1. The molecule has 0 bridgehead atoms. The van der Waals surface area contributed by atoms with Crippen LogP contribution in [0.1, 0.15) is 44.9 Å². The maximum absolute atomic E-state index is 11.4. The number of aromatic nitrogens is 1. The topological polar surface area (TPSA) is 72.4 Å². The maximum Gasteiger partial charge on any atom is 0.258 e. The first-order chi connectivity index (χ1) is 12.1. The Kier molecular flexibility index (Phi) is 4.45. The van der Waals surface area contributed by atoms with Crippen molar-refractivity contribution in [1.29, 1.82) is 0 Å². The lowest BCUT2D eigenvalue weighted by molar-refractivity contribution is 0.100. The Morgan fingerprint density at radius 2 is 2.32 bits per heavy atom. The van der Waals surface area contributed by atoms with E-state index in [2.05, 4.69) is 4.90 Å². The molecular weight excluding hydrogens is 354 g/mol. The third kappa shape index (κ3) is 3.27. The molecule has 0 unspecified atom stereocenters. The van der Waals surface area contributed by atoms with Crippen molar-refractivity contribution >= 4 is 28.6 Å². The molecular formula is C18H19N3O2S2. The normalized spacial score (nSPS) is 18.0. The smallest absolute Gasteiger partial charge is 0.258 e. The largest absolute Gasteiger partial charge is 0.440 e. The van der Waals surface area contributed by atoms with Gasteiger partial charge in [-0.25, -0.2) is 4.98 Å². The summed E-state index contributed by atoms with van der Waals surface area (Å²) < 4.78 is 5.86. The average molecular weight is 374 g/mol. The summed E-state index contributed by atoms with van der Waals surface area (Å²) in [6, 6.07) is 8.20. The van der Waals surface area contributed by atoms with Crippen molar-refractivity contribution in [2.45, 2.75) is 32.4 Å². The van der Waals surface area contributed by atoms with Gasteiger partial charge in [-0.1, -0.05) is 6.07 Å². The van der Waals surface area contributed by atoms with Crippen molar-refractivity contribution in [3.05, 3.63) is 50.9 Å². The Bertz CT molecular complexity index is 882. The number of likely N-dealkylation sites (tertiary alicyclic amines) is 1. The summed E-state index contributed by atoms with van der Waals surface area (Å²) in [5.74, 6) is 1.22. The Morgan fingerprint density at radius 1 is 1.44 bits per heavy atom. The molecule has 0 aromatic carbocycles. The summed E-state index contributed by atoms with van der Waals surface area (Å²) in [4.78, 5) is 21.4. The lowest BCUT2D eigenvalue weighted by atomic mass is 10.2. The molecule has 0 aliphatic carbocycles. The third-order valence-corrected chi connectivity index (χ3v) is 6.60. The monoisotopic (exact) mass is 373 g/mol. The molecule has 0 radical (unpaired) electrons. The van der Waals surface area contributed by atoms with Gasteiger partial charge in [0.25, 0.3) is 5.91 Å². The number of thiophene rings is 2. The highest BCUT2D eigenvalue weighted by Gasteiger charge is 2.29. The number of oxazole rings is 1. The van der Waals surface area contributed by atoms with Gasteiger partial charge in [0.1, 0.15) is 5.76 Å². The zero-order valence-corrected chi connectivity index (χ0v) is 15.5. The van der Waals surface area contributed by atoms with Gasteiger partial charge in [-0.2, -0.15) is 0 Å². The molecule has 3 aromatic heterocycles. The number of amides is 1. The van der Waals surface area contributed by atoms with Gasteiger partial charge >= 0.3 is 0 Å². The van der Waals surface area contributed by atoms with Crippen molar-refractivity contribution in [1.82, 2.24) is 9.88 Å². The minimum Gasteiger partial charge on any atom is -0.440 e. The highest BCUT2D eigenvalue weighted by atomic mass is 32.1. The molecule has 1 aliphatic heterocycles. The average Bonchev–Trinajstić information content (AvgIpc) is 3.35. The van der Waals surface area contributed by atoms with Crippen molar-refractivity contribution in [2.24, 2.45) is 5.73 Å². The van der Waals surface area contributed by atoms with E-state index in [0.29, 0.717) is 16.8 Å². The summed E-state index contributed by atoms with van der Waals surface area (Å²) in [5, 5.41) is 2.03. The van der Waals surface area contributed by atoms with Gasteiger partial charge < -0.3 is 10.2 Å². The number of nitrogens with two attached hydrogens (primary N) is 1. The van der Waals surface area contributed by atoms with Crippen LogP contribution in [0.15, 0.2) is 34.1 Å². The molecule has 0 saturated carbocycles. The summed E-state index contributed by atoms with van der Waals surface area (Å²) in [6.45, 7) is 3.76. The quantitative estimate of drug-likeness (QED) is 0.727. The fraction of sp³-hybridized carbons (Fsp3) is 0.333. The van der Waals surface area contributed by atoms with Crippen LogP contribution in [0.3, 0.4) is 0 Å². The molecule has 1 atom stereocenters. The molecule has 1 fully saturated rings. The summed E-state index contributed by atoms with van der Waals surface area (Å²) in [6.07, 6.45) is 2.23. The Balaban J connectivity index is 1.54. The van der Waals surface area contributed by atoms with E-state index < -0.39 is 0 Å². The minimum absolute atomic E-state index is 0.319. The van der Waals surface area contributed by atoms with E-state index >= 15 is 0 Å². The molecule has 4 heterocycles. The lowest BCUT2D eigenvalue weighted by Crippen LogP contribution is -2.22. The van der Waals surface area contributed by atoms with Crippen molar-refractivity contribution < 1.29 is 9.21 Å². The van der Waals surface area contributed by atoms with E-state index in [1.165, 1.54) is 16.2 Å². The molecule has 0 spiro atoms. The Labute approximate surface area is 154 Å². The zero-order valence-electron chi connectivity index (χ0n) is 13.9. The van der Waals surface area contributed by atoms with Gasteiger partial charge in [0.05, 0.1) is 15.4 Å². The first-order valence-electron chi connectivity index (χ1n) is 8.25. The van der Waals surface area contributed by atoms with E-state index in [1.54, 1.807) is 11.3 Å². The van der Waals surface area contributed by atoms with E-state index in [-0.39, 0.29) is 5.91 Å². The number of aryl methyl sites for hydroxylation is 1. The SMILES string of the molecule is Cc1oc(-c2cccs2)nc1CN1CCC[C@H]1c1ccc(C(N)=O)s1. The van der Waals surface area contributed by atoms with Gasteiger partial charge in [0.2, 0.25) is 5.89 Å². The molecule has 3 aromatic rings.